The topological polar surface area (TPSA) is 8.17 Å². The quantitative estimate of drug-likeness (QED) is 0.151. The summed E-state index contributed by atoms with van der Waals surface area (Å²) in [6, 6.07) is 89.6. The minimum Gasteiger partial charge on any atom is -0.309 e. The molecule has 2 heterocycles. The first-order chi connectivity index (χ1) is 33.2. The molecule has 0 aliphatic carbocycles. The Hall–Kier alpha value is -8.50. The minimum atomic E-state index is 1.11. The van der Waals surface area contributed by atoms with E-state index in [1.807, 2.05) is 11.3 Å². The lowest BCUT2D eigenvalue weighted by Crippen LogP contribution is -2.10. The van der Waals surface area contributed by atoms with Crippen LogP contribution in [-0.4, -0.2) is 4.57 Å². The standard InChI is InChI=1S/C64H40N2S/c1-2-16-45(17-3-1)66-60-36-30-43(38-58(60)59-39-44(31-37-61(59)66)49-24-12-15-42-14-4-5-18-48(42)49)41-28-32-46(33-29-41)65(62-26-13-25-56-55-23-10-11-27-63(55)67-64(56)62)47-34-35-54-52-21-7-6-19-50(52)51-20-8-9-22-53(51)57(54)40-47/h1-40H. The summed E-state index contributed by atoms with van der Waals surface area (Å²) in [4.78, 5) is 2.47. The van der Waals surface area contributed by atoms with Crippen LogP contribution in [0.2, 0.25) is 0 Å². The molecular formula is C64H40N2S. The van der Waals surface area contributed by atoms with Gasteiger partial charge in [-0.25, -0.2) is 0 Å². The van der Waals surface area contributed by atoms with E-state index in [0.29, 0.717) is 0 Å². The summed E-state index contributed by atoms with van der Waals surface area (Å²) in [5, 5.41) is 15.2. The third-order valence-electron chi connectivity index (χ3n) is 13.9. The highest BCUT2D eigenvalue weighted by atomic mass is 32.1. The second-order valence-electron chi connectivity index (χ2n) is 17.6. The Kier molecular flexibility index (Phi) is 8.49. The zero-order valence-corrected chi connectivity index (χ0v) is 37.2. The van der Waals surface area contributed by atoms with E-state index in [2.05, 4.69) is 252 Å². The highest BCUT2D eigenvalue weighted by Crippen LogP contribution is 2.47. The van der Waals surface area contributed by atoms with Crippen LogP contribution in [0.25, 0.3) is 113 Å². The number of fused-ring (bicyclic) bond motifs is 13. The molecule has 14 aromatic rings. The number of hydrogen-bond donors (Lipinski definition) is 0. The van der Waals surface area contributed by atoms with E-state index in [-0.39, 0.29) is 0 Å². The van der Waals surface area contributed by atoms with Crippen LogP contribution < -0.4 is 4.90 Å². The van der Waals surface area contributed by atoms with Gasteiger partial charge >= 0.3 is 0 Å². The SMILES string of the molecule is c1ccc(-n2c3ccc(-c4ccc(N(c5ccc6c7ccccc7c7ccccc7c6c5)c5cccc6c5sc5ccccc56)cc4)cc3c3cc(-c4cccc5ccccc45)ccc32)cc1. The van der Waals surface area contributed by atoms with Gasteiger partial charge in [0.15, 0.2) is 0 Å². The summed E-state index contributed by atoms with van der Waals surface area (Å²) >= 11 is 1.87. The Morgan fingerprint density at radius 1 is 0.313 bits per heavy atom. The summed E-state index contributed by atoms with van der Waals surface area (Å²) in [5.41, 5.74) is 11.8. The maximum Gasteiger partial charge on any atom is 0.0640 e. The van der Waals surface area contributed by atoms with Crippen molar-refractivity contribution in [2.75, 3.05) is 4.90 Å². The Bertz CT molecular complexity index is 4230. The highest BCUT2D eigenvalue weighted by molar-refractivity contribution is 7.26. The van der Waals surface area contributed by atoms with Crippen LogP contribution in [0.4, 0.5) is 17.1 Å². The van der Waals surface area contributed by atoms with E-state index < -0.39 is 0 Å². The number of thiophene rings is 1. The maximum absolute atomic E-state index is 2.47. The fraction of sp³-hybridized carbons (Fsp3) is 0. The molecule has 0 aliphatic heterocycles. The lowest BCUT2D eigenvalue weighted by Gasteiger charge is -2.27. The van der Waals surface area contributed by atoms with E-state index >= 15 is 0 Å². The van der Waals surface area contributed by atoms with Crippen LogP contribution in [0, 0.1) is 0 Å². The van der Waals surface area contributed by atoms with E-state index in [1.54, 1.807) is 0 Å². The summed E-state index contributed by atoms with van der Waals surface area (Å²) in [7, 11) is 0. The molecule has 0 radical (unpaired) electrons. The third kappa shape index (κ3) is 5.95. The number of nitrogens with zero attached hydrogens (tertiary/aromatic N) is 2. The van der Waals surface area contributed by atoms with Crippen molar-refractivity contribution < 1.29 is 0 Å². The first-order valence-electron chi connectivity index (χ1n) is 23.0. The van der Waals surface area contributed by atoms with E-state index in [4.69, 9.17) is 0 Å². The van der Waals surface area contributed by atoms with Crippen LogP contribution >= 0.6 is 11.3 Å². The second kappa shape index (κ2) is 15.0. The molecule has 3 heteroatoms. The van der Waals surface area contributed by atoms with Crippen molar-refractivity contribution in [2.24, 2.45) is 0 Å². The number of anilines is 3. The van der Waals surface area contributed by atoms with Crippen LogP contribution in [-0.2, 0) is 0 Å². The third-order valence-corrected chi connectivity index (χ3v) is 15.2. The van der Waals surface area contributed by atoms with Crippen molar-refractivity contribution in [3.8, 4) is 27.9 Å². The first kappa shape index (κ1) is 37.8. The molecule has 0 N–H and O–H groups in total. The van der Waals surface area contributed by atoms with Crippen LogP contribution in [0.5, 0.6) is 0 Å². The smallest absolute Gasteiger partial charge is 0.0640 e. The summed E-state index contributed by atoms with van der Waals surface area (Å²) in [6.07, 6.45) is 0. The number of hydrogen-bond acceptors (Lipinski definition) is 2. The monoisotopic (exact) mass is 868 g/mol. The predicted octanol–water partition coefficient (Wildman–Crippen LogP) is 18.6. The van der Waals surface area contributed by atoms with Crippen molar-refractivity contribution in [3.05, 3.63) is 243 Å². The average Bonchev–Trinajstić information content (AvgIpc) is 3.95. The van der Waals surface area contributed by atoms with Gasteiger partial charge in [-0.15, -0.1) is 11.3 Å². The molecule has 0 bridgehead atoms. The van der Waals surface area contributed by atoms with Crippen LogP contribution in [0.1, 0.15) is 0 Å². The van der Waals surface area contributed by atoms with Gasteiger partial charge in [-0.3, -0.25) is 0 Å². The Labute approximate surface area is 391 Å². The van der Waals surface area contributed by atoms with Crippen molar-refractivity contribution in [2.45, 2.75) is 0 Å². The van der Waals surface area contributed by atoms with Gasteiger partial charge in [0.2, 0.25) is 0 Å². The van der Waals surface area contributed by atoms with E-state index in [0.717, 1.165) is 17.1 Å². The summed E-state index contributed by atoms with van der Waals surface area (Å²) < 4.78 is 4.98. The first-order valence-corrected chi connectivity index (χ1v) is 23.8. The molecule has 0 fully saturated rings. The molecular weight excluding hydrogens is 829 g/mol. The molecule has 67 heavy (non-hydrogen) atoms. The molecule has 0 saturated heterocycles. The molecule has 0 amide bonds. The zero-order valence-electron chi connectivity index (χ0n) is 36.4. The van der Waals surface area contributed by atoms with Gasteiger partial charge in [0.1, 0.15) is 0 Å². The molecule has 12 aromatic carbocycles. The van der Waals surface area contributed by atoms with Gasteiger partial charge in [-0.1, -0.05) is 170 Å². The average molecular weight is 869 g/mol. The second-order valence-corrected chi connectivity index (χ2v) is 18.7. The fourth-order valence-corrected chi connectivity index (χ4v) is 12.1. The van der Waals surface area contributed by atoms with Gasteiger partial charge < -0.3 is 9.47 Å². The lowest BCUT2D eigenvalue weighted by atomic mass is 9.94. The zero-order chi connectivity index (χ0) is 44.0. The maximum atomic E-state index is 2.47. The normalized spacial score (nSPS) is 11.9. The van der Waals surface area contributed by atoms with Crippen molar-refractivity contribution >= 4 is 113 Å². The fourth-order valence-electron chi connectivity index (χ4n) is 10.9. The predicted molar refractivity (Wildman–Crippen MR) is 289 cm³/mol. The number of para-hydroxylation sites is 1. The molecule has 2 nitrogen and oxygen atoms in total. The van der Waals surface area contributed by atoms with Crippen molar-refractivity contribution in [3.63, 3.8) is 0 Å². The molecule has 0 atom stereocenters. The largest absolute Gasteiger partial charge is 0.309 e. The Morgan fingerprint density at radius 3 is 1.60 bits per heavy atom. The number of aromatic nitrogens is 1. The molecule has 0 unspecified atom stereocenters. The Balaban J connectivity index is 0.944. The van der Waals surface area contributed by atoms with E-state index in [1.165, 1.54) is 113 Å². The molecule has 0 spiro atoms. The minimum absolute atomic E-state index is 1.11. The number of rotatable bonds is 6. The molecule has 312 valence electrons. The van der Waals surface area contributed by atoms with Gasteiger partial charge in [0, 0.05) is 43.3 Å². The van der Waals surface area contributed by atoms with Crippen molar-refractivity contribution in [1.29, 1.82) is 0 Å². The van der Waals surface area contributed by atoms with Crippen LogP contribution in [0.15, 0.2) is 243 Å². The summed E-state index contributed by atoms with van der Waals surface area (Å²) in [6.45, 7) is 0. The van der Waals surface area contributed by atoms with Gasteiger partial charge in [-0.05, 0) is 138 Å². The van der Waals surface area contributed by atoms with Gasteiger partial charge in [0.25, 0.3) is 0 Å². The Morgan fingerprint density at radius 2 is 0.851 bits per heavy atom. The van der Waals surface area contributed by atoms with Gasteiger partial charge in [0.05, 0.1) is 21.4 Å². The van der Waals surface area contributed by atoms with E-state index in [9.17, 15) is 0 Å². The number of benzene rings is 12. The molecule has 0 saturated carbocycles. The molecule has 2 aromatic heterocycles. The van der Waals surface area contributed by atoms with Gasteiger partial charge in [-0.2, -0.15) is 0 Å². The lowest BCUT2D eigenvalue weighted by molar-refractivity contribution is 1.18. The molecule has 0 aliphatic rings. The van der Waals surface area contributed by atoms with Crippen LogP contribution in [0.3, 0.4) is 0 Å². The summed E-state index contributed by atoms with van der Waals surface area (Å²) in [5.74, 6) is 0. The van der Waals surface area contributed by atoms with Crippen molar-refractivity contribution in [1.82, 2.24) is 4.57 Å². The highest BCUT2D eigenvalue weighted by Gasteiger charge is 2.21. The molecule has 14 rings (SSSR count).